The van der Waals surface area contributed by atoms with Crippen molar-refractivity contribution in [2.45, 2.75) is 15.7 Å². The molecule has 2 rings (SSSR count). The van der Waals surface area contributed by atoms with Crippen molar-refractivity contribution in [2.75, 3.05) is 6.26 Å². The molecule has 0 aliphatic carbocycles. The first kappa shape index (κ1) is 17.9. The average molecular weight is 340 g/mol. The predicted octanol–water partition coefficient (Wildman–Crippen LogP) is -2.23. The van der Waals surface area contributed by atoms with Gasteiger partial charge in [-0.1, -0.05) is 23.5 Å². The molecule has 0 aliphatic heterocycles. The minimum absolute atomic E-state index is 0. The summed E-state index contributed by atoms with van der Waals surface area (Å²) in [6.07, 6.45) is 1.41. The van der Waals surface area contributed by atoms with Crippen molar-refractivity contribution in [3.8, 4) is 0 Å². The Hall–Kier alpha value is -0.160. The maximum Gasteiger partial charge on any atom is 1.00 e. The van der Waals surface area contributed by atoms with E-state index in [9.17, 15) is 17.2 Å². The Bertz CT molecular complexity index is 730. The zero-order valence-corrected chi connectivity index (χ0v) is 15.2. The van der Waals surface area contributed by atoms with Gasteiger partial charge in [-0.3, -0.25) is 4.21 Å². The van der Waals surface area contributed by atoms with Crippen LogP contribution in [-0.4, -0.2) is 33.6 Å². The molecule has 0 N–H and O–H groups in total. The van der Waals surface area contributed by atoms with E-state index in [1.165, 1.54) is 12.1 Å². The van der Waals surface area contributed by atoms with Crippen molar-refractivity contribution in [2.24, 2.45) is 0 Å². The summed E-state index contributed by atoms with van der Waals surface area (Å²) in [6, 6.07) is 6.37. The number of benzene rings is 1. The molecule has 102 valence electrons. The van der Waals surface area contributed by atoms with Gasteiger partial charge in [0.2, 0.25) is 14.2 Å². The van der Waals surface area contributed by atoms with Crippen molar-refractivity contribution in [3.05, 3.63) is 34.8 Å². The van der Waals surface area contributed by atoms with Crippen LogP contribution in [0.5, 0.6) is 0 Å². The van der Waals surface area contributed by atoms with Gasteiger partial charge in [0, 0.05) is 17.6 Å². The second-order valence-electron chi connectivity index (χ2n) is 3.79. The second kappa shape index (κ2) is 7.21. The molecule has 1 unspecified atom stereocenters. The molecule has 20 heavy (non-hydrogen) atoms. The van der Waals surface area contributed by atoms with Crippen LogP contribution in [0.3, 0.4) is 0 Å². The van der Waals surface area contributed by atoms with E-state index in [0.717, 1.165) is 23.2 Å². The van der Waals surface area contributed by atoms with Crippen LogP contribution in [-0.2, 0) is 27.3 Å². The fourth-order valence-electron chi connectivity index (χ4n) is 1.39. The first-order chi connectivity index (χ1) is 8.86. The van der Waals surface area contributed by atoms with E-state index in [4.69, 9.17) is 0 Å². The number of aromatic nitrogens is 2. The van der Waals surface area contributed by atoms with E-state index in [2.05, 4.69) is 10.2 Å². The van der Waals surface area contributed by atoms with Crippen LogP contribution >= 0.6 is 11.3 Å². The minimum atomic E-state index is -3.35. The number of rotatable bonds is 4. The van der Waals surface area contributed by atoms with Gasteiger partial charge in [0.1, 0.15) is 5.01 Å². The molecule has 0 aliphatic rings. The SMILES string of the molecule is CS(=O)(=O)c1nnc(Cc2cccc(S(=O)[O-])c2)s1.[Na+]. The van der Waals surface area contributed by atoms with Crippen molar-refractivity contribution in [1.82, 2.24) is 10.2 Å². The summed E-state index contributed by atoms with van der Waals surface area (Å²) < 4.78 is 44.2. The normalized spacial score (nSPS) is 12.7. The topological polar surface area (TPSA) is 100 Å². The van der Waals surface area contributed by atoms with E-state index in [0.29, 0.717) is 11.4 Å². The maximum absolute atomic E-state index is 11.3. The Labute approximate surface area is 145 Å². The van der Waals surface area contributed by atoms with Gasteiger partial charge in [-0.2, -0.15) is 0 Å². The summed E-state index contributed by atoms with van der Waals surface area (Å²) in [5.41, 5.74) is 0.734. The Morgan fingerprint density at radius 3 is 2.60 bits per heavy atom. The van der Waals surface area contributed by atoms with Crippen LogP contribution in [0.2, 0.25) is 0 Å². The van der Waals surface area contributed by atoms with Crippen LogP contribution in [0.4, 0.5) is 0 Å². The van der Waals surface area contributed by atoms with Gasteiger partial charge < -0.3 is 4.55 Å². The van der Waals surface area contributed by atoms with Gasteiger partial charge in [-0.05, 0) is 28.8 Å². The van der Waals surface area contributed by atoms with Crippen LogP contribution in [0.25, 0.3) is 0 Å². The van der Waals surface area contributed by atoms with E-state index in [1.807, 2.05) is 0 Å². The first-order valence-corrected chi connectivity index (χ1v) is 8.85. The number of hydrogen-bond acceptors (Lipinski definition) is 7. The third-order valence-electron chi connectivity index (χ3n) is 2.21. The summed E-state index contributed by atoms with van der Waals surface area (Å²) in [5.74, 6) is 0. The van der Waals surface area contributed by atoms with Gasteiger partial charge in [-0.25, -0.2) is 8.42 Å². The summed E-state index contributed by atoms with van der Waals surface area (Å²) in [5, 5.41) is 7.91. The molecule has 0 fully saturated rings. The Morgan fingerprint density at radius 1 is 1.35 bits per heavy atom. The molecule has 2 aromatic rings. The molecule has 0 spiro atoms. The molecule has 6 nitrogen and oxygen atoms in total. The molecule has 1 aromatic carbocycles. The maximum atomic E-state index is 11.3. The molecule has 0 radical (unpaired) electrons. The largest absolute Gasteiger partial charge is 1.00 e. The number of hydrogen-bond donors (Lipinski definition) is 0. The van der Waals surface area contributed by atoms with Gasteiger partial charge in [0.25, 0.3) is 0 Å². The third-order valence-corrected chi connectivity index (χ3v) is 5.44. The van der Waals surface area contributed by atoms with Crippen molar-refractivity contribution >= 4 is 32.3 Å². The minimum Gasteiger partial charge on any atom is -0.768 e. The Balaban J connectivity index is 0.00000200. The molecule has 1 atom stereocenters. The van der Waals surface area contributed by atoms with Gasteiger partial charge in [0.05, 0.1) is 0 Å². The molecule has 0 amide bonds. The van der Waals surface area contributed by atoms with Crippen molar-refractivity contribution in [1.29, 1.82) is 0 Å². The number of sulfone groups is 1. The van der Waals surface area contributed by atoms with E-state index < -0.39 is 20.9 Å². The molecule has 10 heteroatoms. The third kappa shape index (κ3) is 4.69. The van der Waals surface area contributed by atoms with E-state index in [1.54, 1.807) is 12.1 Å². The molecule has 1 aromatic heterocycles. The molecule has 1 heterocycles. The van der Waals surface area contributed by atoms with Crippen LogP contribution < -0.4 is 29.6 Å². The molecule has 0 saturated heterocycles. The quantitative estimate of drug-likeness (QED) is 0.461. The Kier molecular flexibility index (Phi) is 6.45. The summed E-state index contributed by atoms with van der Waals surface area (Å²) in [7, 11) is -3.35. The summed E-state index contributed by atoms with van der Waals surface area (Å²) in [4.78, 5) is 0.186. The average Bonchev–Trinajstić information content (AvgIpc) is 2.77. The first-order valence-electron chi connectivity index (χ1n) is 5.07. The zero-order chi connectivity index (χ0) is 14.0. The molecule has 0 bridgehead atoms. The zero-order valence-electron chi connectivity index (χ0n) is 10.8. The molecular weight excluding hydrogens is 331 g/mol. The summed E-state index contributed by atoms with van der Waals surface area (Å²) in [6.45, 7) is 0. The molecular formula is C10H9N2NaO4S3. The second-order valence-corrected chi connectivity index (χ2v) is 7.99. The van der Waals surface area contributed by atoms with Crippen LogP contribution in [0, 0.1) is 0 Å². The fraction of sp³-hybridized carbons (Fsp3) is 0.200. The Morgan fingerprint density at radius 2 is 2.05 bits per heavy atom. The fourth-order valence-corrected chi connectivity index (χ4v) is 3.52. The van der Waals surface area contributed by atoms with E-state index in [-0.39, 0.29) is 38.8 Å². The monoisotopic (exact) mass is 340 g/mol. The number of nitrogens with zero attached hydrogens (tertiary/aromatic N) is 2. The smallest absolute Gasteiger partial charge is 0.768 e. The van der Waals surface area contributed by atoms with Gasteiger partial charge in [-0.15, -0.1) is 10.2 Å². The van der Waals surface area contributed by atoms with Crippen LogP contribution in [0.15, 0.2) is 33.5 Å². The van der Waals surface area contributed by atoms with E-state index >= 15 is 0 Å². The van der Waals surface area contributed by atoms with Gasteiger partial charge in [0.15, 0.2) is 0 Å². The predicted molar refractivity (Wildman–Crippen MR) is 69.5 cm³/mol. The standard InChI is InChI=1S/C10H10N2O4S3.Na/c1-19(15,16)10-12-11-9(17-10)6-7-3-2-4-8(5-7)18(13)14;/h2-5H,6H2,1H3,(H,13,14);/q;+1/p-1. The molecule has 0 saturated carbocycles. The van der Waals surface area contributed by atoms with Crippen molar-refractivity contribution < 1.29 is 46.7 Å². The van der Waals surface area contributed by atoms with Gasteiger partial charge >= 0.3 is 29.6 Å². The van der Waals surface area contributed by atoms with Crippen LogP contribution in [0.1, 0.15) is 10.6 Å². The van der Waals surface area contributed by atoms with Crippen molar-refractivity contribution in [3.63, 3.8) is 0 Å². The summed E-state index contributed by atoms with van der Waals surface area (Å²) >= 11 is -1.30.